The Morgan fingerprint density at radius 3 is 2.22 bits per heavy atom. The highest BCUT2D eigenvalue weighted by molar-refractivity contribution is 6.39. The molecule has 2 aromatic rings. The lowest BCUT2D eigenvalue weighted by Crippen LogP contribution is -2.43. The second-order valence-electron chi connectivity index (χ2n) is 6.86. The van der Waals surface area contributed by atoms with E-state index in [4.69, 9.17) is 4.74 Å². The summed E-state index contributed by atoms with van der Waals surface area (Å²) < 4.78 is 18.1. The van der Waals surface area contributed by atoms with Crippen LogP contribution in [-0.2, 0) is 15.0 Å². The zero-order valence-electron chi connectivity index (χ0n) is 15.3. The molecule has 2 aromatic carbocycles. The molecule has 2 amide bonds. The van der Waals surface area contributed by atoms with Crippen LogP contribution in [0.4, 0.5) is 10.1 Å². The standard InChI is InChI=1S/C21H23FN2O3/c1-27-18-10-4-15(5-11-18)21(12-2-3-13-21)14-23-19(25)20(26)24-17-8-6-16(22)7-9-17/h4-11H,2-3,12-14H2,1H3,(H,23,25)(H,24,26). The number of hydrogen-bond acceptors (Lipinski definition) is 3. The van der Waals surface area contributed by atoms with Crippen LogP contribution < -0.4 is 15.4 Å². The van der Waals surface area contributed by atoms with E-state index in [9.17, 15) is 14.0 Å². The third-order valence-corrected chi connectivity index (χ3v) is 5.16. The molecule has 1 aliphatic carbocycles. The van der Waals surface area contributed by atoms with Crippen molar-refractivity contribution in [2.75, 3.05) is 19.0 Å². The molecule has 0 aromatic heterocycles. The predicted octanol–water partition coefficient (Wildman–Crippen LogP) is 3.40. The lowest BCUT2D eigenvalue weighted by Gasteiger charge is -2.30. The number of nitrogens with one attached hydrogen (secondary N) is 2. The number of benzene rings is 2. The average Bonchev–Trinajstić information content (AvgIpc) is 3.18. The summed E-state index contributed by atoms with van der Waals surface area (Å²) >= 11 is 0. The van der Waals surface area contributed by atoms with E-state index in [1.165, 1.54) is 24.3 Å². The average molecular weight is 370 g/mol. The highest BCUT2D eigenvalue weighted by Crippen LogP contribution is 2.41. The van der Waals surface area contributed by atoms with Gasteiger partial charge in [-0.2, -0.15) is 0 Å². The van der Waals surface area contributed by atoms with Gasteiger partial charge < -0.3 is 15.4 Å². The SMILES string of the molecule is COc1ccc(C2(CNC(=O)C(=O)Nc3ccc(F)cc3)CCCC2)cc1. The minimum absolute atomic E-state index is 0.169. The molecule has 0 saturated heterocycles. The monoisotopic (exact) mass is 370 g/mol. The van der Waals surface area contributed by atoms with Gasteiger partial charge in [0.05, 0.1) is 7.11 Å². The molecule has 0 radical (unpaired) electrons. The van der Waals surface area contributed by atoms with Crippen LogP contribution in [0.25, 0.3) is 0 Å². The first kappa shape index (κ1) is 18.9. The van der Waals surface area contributed by atoms with Crippen LogP contribution in [0.5, 0.6) is 5.75 Å². The molecule has 0 atom stereocenters. The first-order valence-electron chi connectivity index (χ1n) is 9.02. The minimum atomic E-state index is -0.760. The van der Waals surface area contributed by atoms with Crippen molar-refractivity contribution in [1.29, 1.82) is 0 Å². The maximum absolute atomic E-state index is 12.9. The molecule has 0 bridgehead atoms. The Kier molecular flexibility index (Phi) is 5.74. The highest BCUT2D eigenvalue weighted by Gasteiger charge is 2.36. The maximum atomic E-state index is 12.9. The molecule has 0 heterocycles. The van der Waals surface area contributed by atoms with Crippen molar-refractivity contribution in [1.82, 2.24) is 5.32 Å². The maximum Gasteiger partial charge on any atom is 0.313 e. The number of rotatable bonds is 5. The Hall–Kier alpha value is -2.89. The third-order valence-electron chi connectivity index (χ3n) is 5.16. The second-order valence-corrected chi connectivity index (χ2v) is 6.86. The van der Waals surface area contributed by atoms with Crippen LogP contribution >= 0.6 is 0 Å². The first-order chi connectivity index (χ1) is 13.0. The molecule has 1 fully saturated rings. The van der Waals surface area contributed by atoms with Gasteiger partial charge in [-0.1, -0.05) is 25.0 Å². The summed E-state index contributed by atoms with van der Waals surface area (Å²) in [4.78, 5) is 24.3. The van der Waals surface area contributed by atoms with Crippen molar-refractivity contribution in [2.45, 2.75) is 31.1 Å². The number of hydrogen-bond donors (Lipinski definition) is 2. The predicted molar refractivity (Wildman–Crippen MR) is 101 cm³/mol. The summed E-state index contributed by atoms with van der Waals surface area (Å²) in [6.07, 6.45) is 4.09. The fourth-order valence-corrected chi connectivity index (χ4v) is 3.61. The number of carbonyl (C=O) groups is 2. The van der Waals surface area contributed by atoms with Crippen LogP contribution in [0.2, 0.25) is 0 Å². The van der Waals surface area contributed by atoms with Crippen LogP contribution in [-0.4, -0.2) is 25.5 Å². The largest absolute Gasteiger partial charge is 0.497 e. The minimum Gasteiger partial charge on any atom is -0.497 e. The Bertz CT molecular complexity index is 797. The number of methoxy groups -OCH3 is 1. The Morgan fingerprint density at radius 1 is 1.00 bits per heavy atom. The summed E-state index contributed by atoms with van der Waals surface area (Å²) in [5.41, 5.74) is 1.35. The van der Waals surface area contributed by atoms with E-state index in [-0.39, 0.29) is 5.41 Å². The van der Waals surface area contributed by atoms with Gasteiger partial charge in [0.1, 0.15) is 11.6 Å². The van der Waals surface area contributed by atoms with Gasteiger partial charge in [-0.25, -0.2) is 4.39 Å². The molecule has 1 aliphatic rings. The number of ether oxygens (including phenoxy) is 1. The second kappa shape index (κ2) is 8.20. The molecule has 142 valence electrons. The fourth-order valence-electron chi connectivity index (χ4n) is 3.61. The Balaban J connectivity index is 1.63. The topological polar surface area (TPSA) is 67.4 Å². The van der Waals surface area contributed by atoms with Crippen molar-refractivity contribution in [2.24, 2.45) is 0 Å². The van der Waals surface area contributed by atoms with Crippen LogP contribution in [0, 0.1) is 5.82 Å². The molecule has 0 spiro atoms. The number of amides is 2. The molecular formula is C21H23FN2O3. The van der Waals surface area contributed by atoms with E-state index >= 15 is 0 Å². The van der Waals surface area contributed by atoms with E-state index < -0.39 is 17.6 Å². The summed E-state index contributed by atoms with van der Waals surface area (Å²) in [5.74, 6) is -1.07. The van der Waals surface area contributed by atoms with Gasteiger partial charge in [-0.3, -0.25) is 9.59 Å². The van der Waals surface area contributed by atoms with Gasteiger partial charge in [0.2, 0.25) is 0 Å². The van der Waals surface area contributed by atoms with Gasteiger partial charge in [0.25, 0.3) is 0 Å². The molecule has 2 N–H and O–H groups in total. The van der Waals surface area contributed by atoms with Crippen molar-refractivity contribution in [3.8, 4) is 5.75 Å². The van der Waals surface area contributed by atoms with Gasteiger partial charge in [0, 0.05) is 17.6 Å². The highest BCUT2D eigenvalue weighted by atomic mass is 19.1. The zero-order valence-corrected chi connectivity index (χ0v) is 15.3. The molecule has 27 heavy (non-hydrogen) atoms. The van der Waals surface area contributed by atoms with E-state index in [0.29, 0.717) is 12.2 Å². The smallest absolute Gasteiger partial charge is 0.313 e. The van der Waals surface area contributed by atoms with Crippen molar-refractivity contribution in [3.05, 3.63) is 59.9 Å². The lowest BCUT2D eigenvalue weighted by atomic mass is 9.78. The lowest BCUT2D eigenvalue weighted by molar-refractivity contribution is -0.136. The summed E-state index contributed by atoms with van der Waals surface area (Å²) in [7, 11) is 1.63. The van der Waals surface area contributed by atoms with Gasteiger partial charge in [-0.05, 0) is 54.8 Å². The van der Waals surface area contributed by atoms with Gasteiger partial charge in [0.15, 0.2) is 0 Å². The molecule has 0 unspecified atom stereocenters. The zero-order chi connectivity index (χ0) is 19.3. The van der Waals surface area contributed by atoms with Crippen molar-refractivity contribution >= 4 is 17.5 Å². The van der Waals surface area contributed by atoms with Crippen molar-refractivity contribution in [3.63, 3.8) is 0 Å². The van der Waals surface area contributed by atoms with E-state index in [1.807, 2.05) is 24.3 Å². The molecule has 0 aliphatic heterocycles. The van der Waals surface area contributed by atoms with Gasteiger partial charge >= 0.3 is 11.8 Å². The summed E-state index contributed by atoms with van der Waals surface area (Å²) in [6, 6.07) is 13.2. The number of carbonyl (C=O) groups excluding carboxylic acids is 2. The van der Waals surface area contributed by atoms with Crippen molar-refractivity contribution < 1.29 is 18.7 Å². The molecule has 5 nitrogen and oxygen atoms in total. The van der Waals surface area contributed by atoms with Crippen LogP contribution in [0.15, 0.2) is 48.5 Å². The van der Waals surface area contributed by atoms with E-state index in [1.54, 1.807) is 7.11 Å². The molecule has 6 heteroatoms. The van der Waals surface area contributed by atoms with Crippen LogP contribution in [0.3, 0.4) is 0 Å². The van der Waals surface area contributed by atoms with E-state index in [0.717, 1.165) is 37.0 Å². The molecule has 3 rings (SSSR count). The summed E-state index contributed by atoms with van der Waals surface area (Å²) in [6.45, 7) is 0.398. The normalized spacial score (nSPS) is 15.2. The summed E-state index contributed by atoms with van der Waals surface area (Å²) in [5, 5.41) is 5.25. The Labute approximate surface area is 157 Å². The van der Waals surface area contributed by atoms with Crippen LogP contribution in [0.1, 0.15) is 31.2 Å². The quantitative estimate of drug-likeness (QED) is 0.793. The Morgan fingerprint density at radius 2 is 1.63 bits per heavy atom. The molecule has 1 saturated carbocycles. The number of anilines is 1. The van der Waals surface area contributed by atoms with E-state index in [2.05, 4.69) is 10.6 Å². The molecular weight excluding hydrogens is 347 g/mol. The fraction of sp³-hybridized carbons (Fsp3) is 0.333. The third kappa shape index (κ3) is 4.45. The number of halogens is 1. The van der Waals surface area contributed by atoms with Gasteiger partial charge in [-0.15, -0.1) is 0 Å². The first-order valence-corrected chi connectivity index (χ1v) is 9.02.